The molecule has 116 valence electrons. The Bertz CT molecular complexity index is 615. The molecule has 1 aromatic carbocycles. The zero-order valence-electron chi connectivity index (χ0n) is 12.4. The minimum Gasteiger partial charge on any atom is -0.497 e. The zero-order chi connectivity index (χ0) is 15.4. The second-order valence-corrected chi connectivity index (χ2v) is 6.11. The number of methoxy groups -OCH3 is 1. The number of nitrogens with one attached hydrogen (secondary N) is 1. The van der Waals surface area contributed by atoms with Gasteiger partial charge in [0.05, 0.1) is 25.1 Å². The first-order valence-corrected chi connectivity index (χ1v) is 8.18. The number of hydrogen-bond acceptors (Lipinski definition) is 5. The van der Waals surface area contributed by atoms with E-state index in [-0.39, 0.29) is 11.9 Å². The van der Waals surface area contributed by atoms with Crippen molar-refractivity contribution in [1.29, 1.82) is 0 Å². The molecule has 0 aliphatic carbocycles. The Labute approximate surface area is 133 Å². The Morgan fingerprint density at radius 3 is 2.95 bits per heavy atom. The smallest absolute Gasteiger partial charge is 0.233 e. The fraction of sp³-hybridized carbons (Fsp3) is 0.400. The van der Waals surface area contributed by atoms with E-state index in [1.54, 1.807) is 13.3 Å². The van der Waals surface area contributed by atoms with Gasteiger partial charge in [-0.3, -0.25) is 4.79 Å². The van der Waals surface area contributed by atoms with Crippen LogP contribution >= 0.6 is 11.8 Å². The number of aromatic amines is 1. The van der Waals surface area contributed by atoms with Crippen molar-refractivity contribution in [3.8, 4) is 5.75 Å². The van der Waals surface area contributed by atoms with Gasteiger partial charge >= 0.3 is 0 Å². The van der Waals surface area contributed by atoms with Crippen LogP contribution in [0.15, 0.2) is 35.5 Å². The third kappa shape index (κ3) is 3.24. The summed E-state index contributed by atoms with van der Waals surface area (Å²) in [5.41, 5.74) is 1.16. The second-order valence-electron chi connectivity index (χ2n) is 5.12. The van der Waals surface area contributed by atoms with Crippen molar-refractivity contribution in [1.82, 2.24) is 20.3 Å². The van der Waals surface area contributed by atoms with Crippen molar-refractivity contribution in [2.75, 3.05) is 19.4 Å². The van der Waals surface area contributed by atoms with E-state index in [2.05, 4.69) is 15.4 Å². The van der Waals surface area contributed by atoms with Gasteiger partial charge in [-0.2, -0.15) is 10.3 Å². The number of H-pyrrole nitrogens is 1. The topological polar surface area (TPSA) is 71.1 Å². The Balaban J connectivity index is 1.65. The van der Waals surface area contributed by atoms with Gasteiger partial charge in [-0.1, -0.05) is 23.9 Å². The maximum Gasteiger partial charge on any atom is 0.233 e. The van der Waals surface area contributed by atoms with Crippen molar-refractivity contribution in [3.05, 3.63) is 36.0 Å². The Kier molecular flexibility index (Phi) is 4.62. The first kappa shape index (κ1) is 14.9. The number of aromatic nitrogens is 3. The molecule has 1 fully saturated rings. The molecular formula is C15H18N4O2S. The number of amides is 1. The number of carbonyl (C=O) groups excluding carboxylic acids is 1. The van der Waals surface area contributed by atoms with Crippen LogP contribution in [0.4, 0.5) is 0 Å². The van der Waals surface area contributed by atoms with Crippen LogP contribution in [0.3, 0.4) is 0 Å². The SMILES string of the molecule is COc1ccc([C@H]2CCCN2C(=O)CSc2cn[nH]n2)cc1. The summed E-state index contributed by atoms with van der Waals surface area (Å²) in [5, 5.41) is 11.0. The van der Waals surface area contributed by atoms with Crippen molar-refractivity contribution < 1.29 is 9.53 Å². The molecule has 0 spiro atoms. The molecule has 0 radical (unpaired) electrons. The highest BCUT2D eigenvalue weighted by molar-refractivity contribution is 7.99. The highest BCUT2D eigenvalue weighted by Gasteiger charge is 2.29. The van der Waals surface area contributed by atoms with Crippen LogP contribution in [0.1, 0.15) is 24.4 Å². The maximum atomic E-state index is 12.5. The van der Waals surface area contributed by atoms with Gasteiger partial charge < -0.3 is 9.64 Å². The van der Waals surface area contributed by atoms with E-state index in [4.69, 9.17) is 4.74 Å². The molecule has 2 aromatic rings. The number of nitrogens with zero attached hydrogens (tertiary/aromatic N) is 3. The fourth-order valence-electron chi connectivity index (χ4n) is 2.72. The predicted octanol–water partition coefficient (Wildman–Crippen LogP) is 2.27. The van der Waals surface area contributed by atoms with Crippen LogP contribution in [0.25, 0.3) is 0 Å². The summed E-state index contributed by atoms with van der Waals surface area (Å²) in [5.74, 6) is 1.37. The van der Waals surface area contributed by atoms with E-state index >= 15 is 0 Å². The van der Waals surface area contributed by atoms with Crippen LogP contribution in [0.5, 0.6) is 5.75 Å². The van der Waals surface area contributed by atoms with Gasteiger partial charge in [0.1, 0.15) is 10.8 Å². The third-order valence-electron chi connectivity index (χ3n) is 3.81. The Morgan fingerprint density at radius 2 is 2.27 bits per heavy atom. The third-order valence-corrected chi connectivity index (χ3v) is 4.69. The van der Waals surface area contributed by atoms with Crippen LogP contribution in [0.2, 0.25) is 0 Å². The van der Waals surface area contributed by atoms with E-state index in [9.17, 15) is 4.79 Å². The minimum atomic E-state index is 0.145. The Hall–Kier alpha value is -2.02. The molecule has 0 bridgehead atoms. The summed E-state index contributed by atoms with van der Waals surface area (Å²) in [4.78, 5) is 14.4. The molecule has 3 rings (SSSR count). The molecule has 0 unspecified atom stereocenters. The lowest BCUT2D eigenvalue weighted by atomic mass is 10.0. The van der Waals surface area contributed by atoms with Crippen molar-refractivity contribution >= 4 is 17.7 Å². The molecule has 6 nitrogen and oxygen atoms in total. The molecule has 1 aliphatic rings. The molecule has 1 N–H and O–H groups in total. The Morgan fingerprint density at radius 1 is 1.45 bits per heavy atom. The normalized spacial score (nSPS) is 17.7. The summed E-state index contributed by atoms with van der Waals surface area (Å²) in [6, 6.07) is 8.14. The molecule has 1 aliphatic heterocycles. The predicted molar refractivity (Wildman–Crippen MR) is 83.8 cm³/mol. The molecule has 1 amide bonds. The largest absolute Gasteiger partial charge is 0.497 e. The molecule has 22 heavy (non-hydrogen) atoms. The molecule has 2 heterocycles. The average molecular weight is 318 g/mol. The lowest BCUT2D eigenvalue weighted by molar-refractivity contribution is -0.129. The van der Waals surface area contributed by atoms with Crippen LogP contribution in [-0.4, -0.2) is 45.6 Å². The van der Waals surface area contributed by atoms with E-state index in [0.717, 1.165) is 35.7 Å². The number of hydrogen-bond donors (Lipinski definition) is 1. The number of carbonyl (C=O) groups is 1. The van der Waals surface area contributed by atoms with E-state index in [1.807, 2.05) is 29.2 Å². The molecular weight excluding hydrogens is 300 g/mol. The van der Waals surface area contributed by atoms with Crippen LogP contribution in [0, 0.1) is 0 Å². The lowest BCUT2D eigenvalue weighted by Gasteiger charge is -2.25. The summed E-state index contributed by atoms with van der Waals surface area (Å²) >= 11 is 1.41. The van der Waals surface area contributed by atoms with E-state index < -0.39 is 0 Å². The molecule has 1 atom stereocenters. The first-order chi connectivity index (χ1) is 10.8. The number of rotatable bonds is 5. The summed E-state index contributed by atoms with van der Waals surface area (Å²) in [7, 11) is 1.65. The number of thioether (sulfide) groups is 1. The molecule has 7 heteroatoms. The fourth-order valence-corrected chi connectivity index (χ4v) is 3.39. The molecule has 0 saturated carbocycles. The second kappa shape index (κ2) is 6.83. The van der Waals surface area contributed by atoms with Gasteiger partial charge in [0, 0.05) is 6.54 Å². The monoisotopic (exact) mass is 318 g/mol. The zero-order valence-corrected chi connectivity index (χ0v) is 13.2. The van der Waals surface area contributed by atoms with Crippen molar-refractivity contribution in [2.45, 2.75) is 23.9 Å². The van der Waals surface area contributed by atoms with E-state index in [1.165, 1.54) is 11.8 Å². The van der Waals surface area contributed by atoms with Gasteiger partial charge in [-0.25, -0.2) is 0 Å². The first-order valence-electron chi connectivity index (χ1n) is 7.20. The summed E-state index contributed by atoms with van der Waals surface area (Å²) in [6.45, 7) is 0.814. The van der Waals surface area contributed by atoms with Gasteiger partial charge in [-0.05, 0) is 30.5 Å². The highest BCUT2D eigenvalue weighted by Crippen LogP contribution is 2.33. The van der Waals surface area contributed by atoms with Gasteiger partial charge in [0.25, 0.3) is 0 Å². The standard InChI is InChI=1S/C15H18N4O2S/c1-21-12-6-4-11(5-7-12)13-3-2-8-19(13)15(20)10-22-14-9-16-18-17-14/h4-7,9,13H,2-3,8,10H2,1H3,(H,16,17,18)/t13-/m1/s1. The van der Waals surface area contributed by atoms with Crippen molar-refractivity contribution in [3.63, 3.8) is 0 Å². The lowest BCUT2D eigenvalue weighted by Crippen LogP contribution is -2.31. The number of likely N-dealkylation sites (tertiary alicyclic amines) is 1. The molecule has 1 saturated heterocycles. The van der Waals surface area contributed by atoms with Crippen molar-refractivity contribution in [2.24, 2.45) is 0 Å². The number of ether oxygens (including phenoxy) is 1. The number of benzene rings is 1. The summed E-state index contributed by atoms with van der Waals surface area (Å²) < 4.78 is 5.19. The van der Waals surface area contributed by atoms with E-state index in [0.29, 0.717) is 5.75 Å². The van der Waals surface area contributed by atoms with Gasteiger partial charge in [-0.15, -0.1) is 5.10 Å². The van der Waals surface area contributed by atoms with Gasteiger partial charge in [0.15, 0.2) is 0 Å². The average Bonchev–Trinajstić information content (AvgIpc) is 3.24. The van der Waals surface area contributed by atoms with Gasteiger partial charge in [0.2, 0.25) is 5.91 Å². The minimum absolute atomic E-state index is 0.145. The van der Waals surface area contributed by atoms with Crippen LogP contribution < -0.4 is 4.74 Å². The summed E-state index contributed by atoms with van der Waals surface area (Å²) in [6.07, 6.45) is 3.67. The highest BCUT2D eigenvalue weighted by atomic mass is 32.2. The van der Waals surface area contributed by atoms with Crippen LogP contribution in [-0.2, 0) is 4.79 Å². The quantitative estimate of drug-likeness (QED) is 0.856. The molecule has 1 aromatic heterocycles. The maximum absolute atomic E-state index is 12.5.